The molecule has 0 saturated carbocycles. The molecule has 0 unspecified atom stereocenters. The minimum absolute atomic E-state index is 0.329. The molecule has 0 fully saturated rings. The molecule has 4 nitrogen and oxygen atoms in total. The normalized spacial score (nSPS) is 10.6. The highest BCUT2D eigenvalue weighted by Crippen LogP contribution is 2.26. The summed E-state index contributed by atoms with van der Waals surface area (Å²) in [5, 5.41) is 5.57. The molecule has 2 aromatic rings. The fourth-order valence-corrected chi connectivity index (χ4v) is 1.71. The van der Waals surface area contributed by atoms with E-state index in [1.165, 1.54) is 0 Å². The lowest BCUT2D eigenvalue weighted by molar-refractivity contribution is -0.210. The average Bonchev–Trinajstić information content (AvgIpc) is 2.44. The summed E-state index contributed by atoms with van der Waals surface area (Å²) in [5.41, 5.74) is 6.14. The molecule has 0 spiro atoms. The van der Waals surface area contributed by atoms with Crippen molar-refractivity contribution in [3.63, 3.8) is 0 Å². The molecule has 0 radical (unpaired) electrons. The smallest absolute Gasteiger partial charge is 0.462 e. The van der Waals surface area contributed by atoms with E-state index in [0.29, 0.717) is 17.9 Å². The summed E-state index contributed by atoms with van der Waals surface area (Å²) in [5.74, 6) is -0.401. The van der Waals surface area contributed by atoms with E-state index in [1.807, 2.05) is 24.3 Å². The molecule has 0 amide bonds. The van der Waals surface area contributed by atoms with Crippen molar-refractivity contribution in [1.29, 1.82) is 0 Å². The van der Waals surface area contributed by atoms with Crippen molar-refractivity contribution in [2.75, 3.05) is 6.61 Å². The van der Waals surface area contributed by atoms with Gasteiger partial charge in [0.05, 0.1) is 12.2 Å². The zero-order chi connectivity index (χ0) is 16.8. The lowest BCUT2D eigenvalue weighted by Crippen LogP contribution is -2.22. The van der Waals surface area contributed by atoms with E-state index in [-0.39, 0.29) is 0 Å². The molecular weight excluding hydrogens is 303 g/mol. The second-order valence-electron chi connectivity index (χ2n) is 4.06. The zero-order valence-corrected chi connectivity index (χ0v) is 11.6. The van der Waals surface area contributed by atoms with Crippen LogP contribution in [0.4, 0.5) is 23.0 Å². The largest absolute Gasteiger partial charge is 0.673 e. The van der Waals surface area contributed by atoms with Gasteiger partial charge in [0.25, 0.3) is 0 Å². The second kappa shape index (κ2) is 7.53. The van der Waals surface area contributed by atoms with Crippen LogP contribution in [-0.2, 0) is 4.74 Å². The van der Waals surface area contributed by atoms with Crippen molar-refractivity contribution in [3.05, 3.63) is 42.0 Å². The summed E-state index contributed by atoms with van der Waals surface area (Å²) in [6.07, 6.45) is 0. The molecule has 2 rings (SSSR count). The van der Waals surface area contributed by atoms with Gasteiger partial charge >= 0.3 is 13.2 Å². The Bertz CT molecular complexity index is 671. The third kappa shape index (κ3) is 5.51. The Hall–Kier alpha value is -2.45. The Morgan fingerprint density at radius 3 is 2.14 bits per heavy atom. The van der Waals surface area contributed by atoms with E-state index in [9.17, 15) is 22.1 Å². The van der Waals surface area contributed by atoms with E-state index < -0.39 is 13.2 Å². The third-order valence-corrected chi connectivity index (χ3v) is 2.50. The van der Waals surface area contributed by atoms with Crippen molar-refractivity contribution >= 4 is 29.7 Å². The SMILES string of the molecule is CCOC(=O)c1cc2ccccc2cc1N=[NH2+].F[B-](F)(F)F. The molecule has 22 heavy (non-hydrogen) atoms. The lowest BCUT2D eigenvalue weighted by atomic mass is 10.1. The number of nitrogens with zero attached hydrogens (tertiary/aromatic N) is 1. The molecule has 0 bridgehead atoms. The molecule has 0 aliphatic rings. The number of ether oxygens (including phenoxy) is 1. The molecule has 0 atom stereocenters. The Kier molecular flexibility index (Phi) is 6.03. The first-order valence-corrected chi connectivity index (χ1v) is 6.24. The van der Waals surface area contributed by atoms with Gasteiger partial charge in [-0.1, -0.05) is 24.3 Å². The van der Waals surface area contributed by atoms with Gasteiger partial charge in [0.2, 0.25) is 0 Å². The maximum Gasteiger partial charge on any atom is 0.673 e. The van der Waals surface area contributed by atoms with Crippen molar-refractivity contribution in [1.82, 2.24) is 0 Å². The van der Waals surface area contributed by atoms with Crippen LogP contribution in [0.1, 0.15) is 17.3 Å². The topological polar surface area (TPSA) is 64.2 Å². The summed E-state index contributed by atoms with van der Waals surface area (Å²) >= 11 is 0. The summed E-state index contributed by atoms with van der Waals surface area (Å²) in [4.78, 5) is 11.7. The lowest BCUT2D eigenvalue weighted by Gasteiger charge is -2.05. The maximum absolute atomic E-state index is 11.7. The highest BCUT2D eigenvalue weighted by atomic mass is 19.5. The van der Waals surface area contributed by atoms with Gasteiger partial charge in [0.15, 0.2) is 0 Å². The van der Waals surface area contributed by atoms with Crippen LogP contribution in [0.15, 0.2) is 41.5 Å². The van der Waals surface area contributed by atoms with E-state index >= 15 is 0 Å². The monoisotopic (exact) mass is 316 g/mol. The zero-order valence-electron chi connectivity index (χ0n) is 11.6. The van der Waals surface area contributed by atoms with Gasteiger partial charge in [-0.3, -0.25) is 0 Å². The van der Waals surface area contributed by atoms with Crippen molar-refractivity contribution < 1.29 is 32.3 Å². The summed E-state index contributed by atoms with van der Waals surface area (Å²) in [6.45, 7) is 2.09. The highest BCUT2D eigenvalue weighted by Gasteiger charge is 2.20. The standard InChI is InChI=1S/C13H12N2O2.BF4/c1-2-17-13(16)11-7-9-5-3-4-6-10(9)8-12(11)15-14;2-1(3,4)5/h3-8,14H,2H2,1H3;/q;-1/p+1. The van der Waals surface area contributed by atoms with Crippen molar-refractivity contribution in [2.45, 2.75) is 6.92 Å². The fraction of sp³-hybridized carbons (Fsp3) is 0.154. The molecule has 2 aromatic carbocycles. The maximum atomic E-state index is 11.7. The molecule has 9 heteroatoms. The Balaban J connectivity index is 0.000000422. The third-order valence-electron chi connectivity index (χ3n) is 2.50. The predicted octanol–water partition coefficient (Wildman–Crippen LogP) is 3.16. The Morgan fingerprint density at radius 2 is 1.68 bits per heavy atom. The molecule has 0 aliphatic heterocycles. The molecule has 2 N–H and O–H groups in total. The fourth-order valence-electron chi connectivity index (χ4n) is 1.71. The summed E-state index contributed by atoms with van der Waals surface area (Å²) < 4.78 is 44.0. The van der Waals surface area contributed by atoms with Gasteiger partial charge in [-0.2, -0.15) is 5.53 Å². The second-order valence-corrected chi connectivity index (χ2v) is 4.06. The molecule has 0 aliphatic carbocycles. The Labute approximate surface area is 123 Å². The highest BCUT2D eigenvalue weighted by molar-refractivity contribution is 6.50. The van der Waals surface area contributed by atoms with Gasteiger partial charge in [-0.05, 0) is 34.9 Å². The van der Waals surface area contributed by atoms with Crippen LogP contribution in [0.2, 0.25) is 0 Å². The van der Waals surface area contributed by atoms with Crippen LogP contribution in [0.25, 0.3) is 10.8 Å². The Morgan fingerprint density at radius 1 is 1.18 bits per heavy atom. The number of carbonyl (C=O) groups excluding carboxylic acids is 1. The first-order valence-electron chi connectivity index (χ1n) is 6.24. The van der Waals surface area contributed by atoms with Crippen molar-refractivity contribution in [3.8, 4) is 0 Å². The average molecular weight is 316 g/mol. The van der Waals surface area contributed by atoms with Gasteiger partial charge in [-0.25, -0.2) is 4.79 Å². The van der Waals surface area contributed by atoms with Gasteiger partial charge in [-0.15, -0.1) is 0 Å². The van der Waals surface area contributed by atoms with E-state index in [1.54, 1.807) is 19.1 Å². The van der Waals surface area contributed by atoms with E-state index in [2.05, 4.69) is 5.11 Å². The van der Waals surface area contributed by atoms with E-state index in [4.69, 9.17) is 10.3 Å². The number of fused-ring (bicyclic) bond motifs is 1. The van der Waals surface area contributed by atoms with Crippen LogP contribution >= 0.6 is 0 Å². The van der Waals surface area contributed by atoms with Crippen LogP contribution in [-0.4, -0.2) is 19.8 Å². The summed E-state index contributed by atoms with van der Waals surface area (Å²) in [6, 6.07) is 11.2. The van der Waals surface area contributed by atoms with Gasteiger partial charge in [0, 0.05) is 0 Å². The number of esters is 1. The quantitative estimate of drug-likeness (QED) is 0.409. The summed E-state index contributed by atoms with van der Waals surface area (Å²) in [7, 11) is -6.00. The molecule has 0 aromatic heterocycles. The number of rotatable bonds is 3. The first kappa shape index (κ1) is 17.6. The van der Waals surface area contributed by atoms with Gasteiger partial charge in [0.1, 0.15) is 5.69 Å². The van der Waals surface area contributed by atoms with E-state index in [0.717, 1.165) is 10.8 Å². The van der Waals surface area contributed by atoms with Crippen molar-refractivity contribution in [2.24, 2.45) is 5.11 Å². The number of halogens is 4. The van der Waals surface area contributed by atoms with Crippen LogP contribution in [0.5, 0.6) is 0 Å². The minimum Gasteiger partial charge on any atom is -0.462 e. The molecule has 118 valence electrons. The van der Waals surface area contributed by atoms with Crippen LogP contribution in [0, 0.1) is 0 Å². The number of carbonyl (C=O) groups is 1. The number of hydrogen-bond acceptors (Lipinski definition) is 3. The molecule has 0 saturated heterocycles. The minimum atomic E-state index is -6.00. The number of nitrogens with two attached hydrogens (primary N) is 1. The molecule has 0 heterocycles. The molecular formula is C13H13BF4N2O2. The van der Waals surface area contributed by atoms with Crippen LogP contribution in [0.3, 0.4) is 0 Å². The number of hydrogen-bond donors (Lipinski definition) is 1. The number of benzene rings is 2. The van der Waals surface area contributed by atoms with Gasteiger partial charge < -0.3 is 22.0 Å². The first-order chi connectivity index (χ1) is 10.3. The van der Waals surface area contributed by atoms with Crippen LogP contribution < -0.4 is 5.53 Å². The predicted molar refractivity (Wildman–Crippen MR) is 74.1 cm³/mol.